The van der Waals surface area contributed by atoms with E-state index in [4.69, 9.17) is 0 Å². The molecule has 0 fully saturated rings. The van der Waals surface area contributed by atoms with Gasteiger partial charge in [0.25, 0.3) is 5.91 Å². The molecule has 0 aromatic heterocycles. The number of hydrogen-bond acceptors (Lipinski definition) is 2. The maximum Gasteiger partial charge on any atom is 0.252 e. The van der Waals surface area contributed by atoms with Crippen LogP contribution in [-0.4, -0.2) is 17.6 Å². The van der Waals surface area contributed by atoms with E-state index in [9.17, 15) is 9.59 Å². The van der Waals surface area contributed by atoms with Crippen LogP contribution in [0.1, 0.15) is 11.1 Å². The normalized spacial score (nSPS) is 10.9. The number of carbonyl (C=O) groups is 2. The summed E-state index contributed by atoms with van der Waals surface area (Å²) >= 11 is 0. The van der Waals surface area contributed by atoms with Crippen molar-refractivity contribution < 1.29 is 9.59 Å². The highest BCUT2D eigenvalue weighted by Crippen LogP contribution is 2.02. The number of carbonyl (C=O) groups excluding carboxylic acids is 2. The second-order valence-electron chi connectivity index (χ2n) is 4.97. The third-order valence-corrected chi connectivity index (χ3v) is 3.11. The first kappa shape index (κ1) is 16.4. The Hall–Kier alpha value is -3.01. The molecule has 2 aromatic rings. The topological polar surface area (TPSA) is 58.5 Å². The molecule has 0 bridgehead atoms. The smallest absolute Gasteiger partial charge is 0.252 e. The monoisotopic (exact) mass is 306 g/mol. The van der Waals surface area contributed by atoms with Gasteiger partial charge in [0.05, 0.1) is 12.8 Å². The third-order valence-electron chi connectivity index (χ3n) is 3.11. The summed E-state index contributed by atoms with van der Waals surface area (Å²) in [6, 6.07) is 18.7. The Balaban J connectivity index is 1.94. The molecule has 0 aliphatic rings. The van der Waals surface area contributed by atoms with Gasteiger partial charge in [-0.3, -0.25) is 9.59 Å². The first-order valence-electron chi connectivity index (χ1n) is 7.29. The Labute approximate surface area is 135 Å². The summed E-state index contributed by atoms with van der Waals surface area (Å²) in [5.74, 6) is -0.389. The zero-order valence-corrected chi connectivity index (χ0v) is 12.7. The second-order valence-corrected chi connectivity index (χ2v) is 4.97. The predicted octanol–water partition coefficient (Wildman–Crippen LogP) is 2.70. The molecule has 116 valence electrons. The van der Waals surface area contributed by atoms with E-state index in [0.29, 0.717) is 0 Å². The molecule has 0 saturated heterocycles. The number of nitrogens with one attached hydrogen (secondary N) is 1. The molecule has 2 rings (SSSR count). The van der Waals surface area contributed by atoms with Crippen molar-refractivity contribution in [3.05, 3.63) is 84.4 Å². The van der Waals surface area contributed by atoms with E-state index in [2.05, 4.69) is 16.9 Å². The van der Waals surface area contributed by atoms with Crippen molar-refractivity contribution in [2.45, 2.75) is 12.8 Å². The molecular weight excluding hydrogens is 288 g/mol. The molecule has 0 aliphatic carbocycles. The van der Waals surface area contributed by atoms with Crippen LogP contribution in [-0.2, 0) is 22.4 Å². The van der Waals surface area contributed by atoms with Crippen LogP contribution in [0.2, 0.25) is 0 Å². The van der Waals surface area contributed by atoms with Crippen LogP contribution in [0.3, 0.4) is 0 Å². The number of aliphatic imine (C=N–C) groups is 1. The lowest BCUT2D eigenvalue weighted by Gasteiger charge is -2.05. The molecule has 4 nitrogen and oxygen atoms in total. The van der Waals surface area contributed by atoms with Crippen molar-refractivity contribution >= 4 is 17.6 Å². The Kier molecular flexibility index (Phi) is 6.00. The highest BCUT2D eigenvalue weighted by molar-refractivity contribution is 6.08. The molecule has 0 unspecified atom stereocenters. The van der Waals surface area contributed by atoms with Crippen molar-refractivity contribution in [2.24, 2.45) is 4.99 Å². The lowest BCUT2D eigenvalue weighted by molar-refractivity contribution is -0.119. The molecular formula is C19H18N2O2. The van der Waals surface area contributed by atoms with Crippen LogP contribution >= 0.6 is 0 Å². The largest absolute Gasteiger partial charge is 0.310 e. The van der Waals surface area contributed by atoms with Gasteiger partial charge in [0.15, 0.2) is 0 Å². The summed E-state index contributed by atoms with van der Waals surface area (Å²) < 4.78 is 0. The number of nitrogens with zero attached hydrogens (tertiary/aromatic N) is 1. The molecule has 0 heterocycles. The maximum atomic E-state index is 12.0. The van der Waals surface area contributed by atoms with Crippen molar-refractivity contribution in [2.75, 3.05) is 0 Å². The Morgan fingerprint density at radius 3 is 1.96 bits per heavy atom. The van der Waals surface area contributed by atoms with Gasteiger partial charge in [-0.2, -0.15) is 4.99 Å². The van der Waals surface area contributed by atoms with E-state index in [0.717, 1.165) is 11.1 Å². The molecule has 0 saturated carbocycles. The van der Waals surface area contributed by atoms with E-state index >= 15 is 0 Å². The van der Waals surface area contributed by atoms with E-state index < -0.39 is 0 Å². The SMILES string of the molecule is C=CC(=NC(=O)Cc1ccccc1)NC(=O)Cc1ccccc1. The molecule has 23 heavy (non-hydrogen) atoms. The zero-order chi connectivity index (χ0) is 16.5. The zero-order valence-electron chi connectivity index (χ0n) is 12.7. The van der Waals surface area contributed by atoms with Crippen LogP contribution in [0.15, 0.2) is 78.3 Å². The summed E-state index contributed by atoms with van der Waals surface area (Å²) in [4.78, 5) is 27.8. The molecule has 0 spiro atoms. The summed E-state index contributed by atoms with van der Waals surface area (Å²) in [5, 5.41) is 2.60. The quantitative estimate of drug-likeness (QED) is 0.682. The fourth-order valence-electron chi connectivity index (χ4n) is 2.04. The Morgan fingerprint density at radius 2 is 1.43 bits per heavy atom. The molecule has 0 atom stereocenters. The number of amides is 2. The van der Waals surface area contributed by atoms with Crippen LogP contribution < -0.4 is 5.32 Å². The first-order chi connectivity index (χ1) is 11.2. The number of rotatable bonds is 5. The Morgan fingerprint density at radius 1 is 0.913 bits per heavy atom. The van der Waals surface area contributed by atoms with Crippen LogP contribution in [0, 0.1) is 0 Å². The highest BCUT2D eigenvalue weighted by Gasteiger charge is 2.07. The average Bonchev–Trinajstić information content (AvgIpc) is 2.56. The molecule has 0 aliphatic heterocycles. The molecule has 2 amide bonds. The summed E-state index contributed by atoms with van der Waals surface area (Å²) in [6.45, 7) is 3.58. The van der Waals surface area contributed by atoms with Gasteiger partial charge >= 0.3 is 0 Å². The van der Waals surface area contributed by atoms with E-state index in [1.807, 2.05) is 60.7 Å². The lowest BCUT2D eigenvalue weighted by Crippen LogP contribution is -2.31. The summed E-state index contributed by atoms with van der Waals surface area (Å²) in [7, 11) is 0. The number of hydrogen-bond donors (Lipinski definition) is 1. The molecule has 2 aromatic carbocycles. The van der Waals surface area contributed by atoms with Crippen molar-refractivity contribution in [3.63, 3.8) is 0 Å². The van der Waals surface area contributed by atoms with Crippen LogP contribution in [0.5, 0.6) is 0 Å². The van der Waals surface area contributed by atoms with Crippen molar-refractivity contribution in [1.29, 1.82) is 0 Å². The van der Waals surface area contributed by atoms with Gasteiger partial charge in [-0.15, -0.1) is 0 Å². The predicted molar refractivity (Wildman–Crippen MR) is 91.1 cm³/mol. The van der Waals surface area contributed by atoms with Crippen LogP contribution in [0.4, 0.5) is 0 Å². The van der Waals surface area contributed by atoms with Crippen LogP contribution in [0.25, 0.3) is 0 Å². The summed E-state index contributed by atoms with van der Waals surface area (Å²) in [5.41, 5.74) is 1.77. The maximum absolute atomic E-state index is 12.0. The fourth-order valence-corrected chi connectivity index (χ4v) is 2.04. The first-order valence-corrected chi connectivity index (χ1v) is 7.29. The summed E-state index contributed by atoms with van der Waals surface area (Å²) in [6.07, 6.45) is 1.78. The average molecular weight is 306 g/mol. The molecule has 1 N–H and O–H groups in total. The minimum absolute atomic E-state index is 0.173. The van der Waals surface area contributed by atoms with Gasteiger partial charge < -0.3 is 5.32 Å². The Bertz CT molecular complexity index is 707. The van der Waals surface area contributed by atoms with E-state index in [1.165, 1.54) is 6.08 Å². The minimum Gasteiger partial charge on any atom is -0.310 e. The number of amidine groups is 1. The van der Waals surface area contributed by atoms with E-state index in [-0.39, 0.29) is 30.5 Å². The molecule has 4 heteroatoms. The van der Waals surface area contributed by atoms with Gasteiger partial charge in [0, 0.05) is 0 Å². The van der Waals surface area contributed by atoms with E-state index in [1.54, 1.807) is 0 Å². The standard InChI is InChI=1S/C19H18N2O2/c1-2-17(20-18(22)13-15-9-5-3-6-10-15)21-19(23)14-16-11-7-4-8-12-16/h2-12H,1,13-14H2,(H,20,21,22,23). The van der Waals surface area contributed by atoms with Gasteiger partial charge in [-0.25, -0.2) is 0 Å². The van der Waals surface area contributed by atoms with Crippen molar-refractivity contribution in [3.8, 4) is 0 Å². The van der Waals surface area contributed by atoms with Gasteiger partial charge in [0.1, 0.15) is 5.84 Å². The second kappa shape index (κ2) is 8.44. The van der Waals surface area contributed by atoms with Gasteiger partial charge in [-0.1, -0.05) is 67.2 Å². The minimum atomic E-state index is -0.328. The number of benzene rings is 2. The third kappa shape index (κ3) is 5.71. The van der Waals surface area contributed by atoms with Crippen molar-refractivity contribution in [1.82, 2.24) is 5.32 Å². The lowest BCUT2D eigenvalue weighted by atomic mass is 10.1. The van der Waals surface area contributed by atoms with Gasteiger partial charge in [-0.05, 0) is 17.2 Å². The molecule has 0 radical (unpaired) electrons. The highest BCUT2D eigenvalue weighted by atomic mass is 16.2. The fraction of sp³-hybridized carbons (Fsp3) is 0.105. The van der Waals surface area contributed by atoms with Gasteiger partial charge in [0.2, 0.25) is 5.91 Å².